The summed E-state index contributed by atoms with van der Waals surface area (Å²) in [6, 6.07) is 4.40. The number of rotatable bonds is 2. The smallest absolute Gasteiger partial charge is 0.274 e. The van der Waals surface area contributed by atoms with E-state index in [9.17, 15) is 10.1 Å². The molecule has 0 aliphatic heterocycles. The molecular weight excluding hydrogens is 160 g/mol. The van der Waals surface area contributed by atoms with Crippen molar-refractivity contribution in [1.82, 2.24) is 0 Å². The second kappa shape index (κ2) is 3.19. The predicted molar refractivity (Wildman–Crippen MR) is 43.2 cm³/mol. The Kier molecular flexibility index (Phi) is 2.25. The number of nitro groups is 1. The second-order valence-electron chi connectivity index (χ2n) is 2.37. The molecule has 0 amide bonds. The summed E-state index contributed by atoms with van der Waals surface area (Å²) in [7, 11) is 0. The van der Waals surface area contributed by atoms with Gasteiger partial charge < -0.3 is 0 Å². The monoisotopic (exact) mass is 168 g/mol. The topological polar surface area (TPSA) is 75.4 Å². The van der Waals surface area contributed by atoms with Gasteiger partial charge in [0.25, 0.3) is 5.69 Å². The number of nitrogens with one attached hydrogen (secondary N) is 1. The Balaban J connectivity index is 3.17. The number of nitrogens with zero attached hydrogens (tertiary/aromatic N) is 1. The van der Waals surface area contributed by atoms with Gasteiger partial charge in [-0.25, -0.2) is 0 Å². The van der Waals surface area contributed by atoms with E-state index in [4.69, 9.17) is 5.21 Å². The van der Waals surface area contributed by atoms with Gasteiger partial charge in [-0.2, -0.15) is 0 Å². The fourth-order valence-corrected chi connectivity index (χ4v) is 0.876. The average Bonchev–Trinajstić information content (AvgIpc) is 2.05. The second-order valence-corrected chi connectivity index (χ2v) is 2.37. The Bertz CT molecular complexity index is 312. The minimum Gasteiger partial charge on any atom is -0.291 e. The van der Waals surface area contributed by atoms with Crippen LogP contribution in [0.5, 0.6) is 0 Å². The molecule has 0 atom stereocenters. The van der Waals surface area contributed by atoms with Crippen molar-refractivity contribution in [3.05, 3.63) is 33.9 Å². The van der Waals surface area contributed by atoms with Crippen molar-refractivity contribution >= 4 is 11.4 Å². The van der Waals surface area contributed by atoms with Gasteiger partial charge in [-0.1, -0.05) is 6.07 Å². The minimum atomic E-state index is -0.490. The molecule has 0 radical (unpaired) electrons. The Labute approximate surface area is 68.7 Å². The Morgan fingerprint density at radius 1 is 1.58 bits per heavy atom. The van der Waals surface area contributed by atoms with Crippen LogP contribution in [0.4, 0.5) is 11.4 Å². The van der Waals surface area contributed by atoms with Crippen LogP contribution in [0.15, 0.2) is 18.2 Å². The summed E-state index contributed by atoms with van der Waals surface area (Å²) >= 11 is 0. The number of nitro benzene ring substituents is 1. The number of benzene rings is 1. The highest BCUT2D eigenvalue weighted by Gasteiger charge is 2.09. The summed E-state index contributed by atoms with van der Waals surface area (Å²) in [6.45, 7) is 1.64. The highest BCUT2D eigenvalue weighted by molar-refractivity contribution is 5.53. The molecule has 2 N–H and O–H groups in total. The molecule has 0 fully saturated rings. The lowest BCUT2D eigenvalue weighted by Gasteiger charge is -1.99. The van der Waals surface area contributed by atoms with Gasteiger partial charge in [0, 0.05) is 11.6 Å². The van der Waals surface area contributed by atoms with Crippen LogP contribution < -0.4 is 5.48 Å². The number of hydrogen-bond acceptors (Lipinski definition) is 4. The van der Waals surface area contributed by atoms with Crippen molar-refractivity contribution < 1.29 is 10.1 Å². The molecule has 12 heavy (non-hydrogen) atoms. The number of anilines is 1. The molecule has 5 heteroatoms. The van der Waals surface area contributed by atoms with Crippen LogP contribution >= 0.6 is 0 Å². The maximum Gasteiger partial charge on any atom is 0.274 e. The minimum absolute atomic E-state index is 0.00551. The Morgan fingerprint density at radius 3 is 2.75 bits per heavy atom. The zero-order valence-electron chi connectivity index (χ0n) is 6.44. The van der Waals surface area contributed by atoms with Gasteiger partial charge in [0.15, 0.2) is 0 Å². The van der Waals surface area contributed by atoms with Crippen molar-refractivity contribution in [3.8, 4) is 0 Å². The van der Waals surface area contributed by atoms with Crippen molar-refractivity contribution in [2.45, 2.75) is 6.92 Å². The van der Waals surface area contributed by atoms with E-state index in [1.165, 1.54) is 6.07 Å². The summed E-state index contributed by atoms with van der Waals surface area (Å²) < 4.78 is 0. The van der Waals surface area contributed by atoms with Crippen LogP contribution in [0.3, 0.4) is 0 Å². The van der Waals surface area contributed by atoms with Gasteiger partial charge in [0.05, 0.1) is 10.6 Å². The lowest BCUT2D eigenvalue weighted by Crippen LogP contribution is -1.94. The van der Waals surface area contributed by atoms with Crippen LogP contribution in [0.1, 0.15) is 5.56 Å². The van der Waals surface area contributed by atoms with E-state index in [0.717, 1.165) is 0 Å². The van der Waals surface area contributed by atoms with Gasteiger partial charge in [0.1, 0.15) is 0 Å². The first-order valence-corrected chi connectivity index (χ1v) is 3.30. The SMILES string of the molecule is Cc1ccc(NO)cc1[N+](=O)[O-]. The molecule has 0 saturated heterocycles. The van der Waals surface area contributed by atoms with Crippen molar-refractivity contribution in [1.29, 1.82) is 0 Å². The molecule has 0 unspecified atom stereocenters. The molecule has 64 valence electrons. The quantitative estimate of drug-likeness (QED) is 0.520. The molecule has 0 heterocycles. The summed E-state index contributed by atoms with van der Waals surface area (Å²) in [5.74, 6) is 0. The normalized spacial score (nSPS) is 9.50. The van der Waals surface area contributed by atoms with Crippen molar-refractivity contribution in [2.75, 3.05) is 5.48 Å². The van der Waals surface area contributed by atoms with E-state index in [1.807, 2.05) is 5.48 Å². The molecule has 5 nitrogen and oxygen atoms in total. The maximum absolute atomic E-state index is 10.4. The highest BCUT2D eigenvalue weighted by atomic mass is 16.6. The summed E-state index contributed by atoms with van der Waals surface area (Å²) in [5, 5.41) is 18.8. The summed E-state index contributed by atoms with van der Waals surface area (Å²) in [5.41, 5.74) is 2.72. The maximum atomic E-state index is 10.4. The third-order valence-corrected chi connectivity index (χ3v) is 1.53. The zero-order valence-corrected chi connectivity index (χ0v) is 6.44. The van der Waals surface area contributed by atoms with Crippen molar-refractivity contribution in [2.24, 2.45) is 0 Å². The van der Waals surface area contributed by atoms with Crippen molar-refractivity contribution in [3.63, 3.8) is 0 Å². The standard InChI is InChI=1S/C7H8N2O3/c1-5-2-3-6(8-10)4-7(5)9(11)12/h2-4,8,10H,1H3. The van der Waals surface area contributed by atoms with Crippen LogP contribution in [0.25, 0.3) is 0 Å². The fourth-order valence-electron chi connectivity index (χ4n) is 0.876. The molecule has 1 rings (SSSR count). The summed E-state index contributed by atoms with van der Waals surface area (Å²) in [6.07, 6.45) is 0. The third kappa shape index (κ3) is 1.51. The molecule has 0 spiro atoms. The molecule has 0 aliphatic rings. The largest absolute Gasteiger partial charge is 0.291 e. The predicted octanol–water partition coefficient (Wildman–Crippen LogP) is 1.70. The Morgan fingerprint density at radius 2 is 2.25 bits per heavy atom. The number of aryl methyl sites for hydroxylation is 1. The highest BCUT2D eigenvalue weighted by Crippen LogP contribution is 2.21. The first kappa shape index (κ1) is 8.48. The number of hydrogen-bond donors (Lipinski definition) is 2. The molecule has 0 aliphatic carbocycles. The van der Waals surface area contributed by atoms with Gasteiger partial charge in [-0.15, -0.1) is 0 Å². The first-order chi connectivity index (χ1) is 5.65. The molecular formula is C7H8N2O3. The first-order valence-electron chi connectivity index (χ1n) is 3.30. The zero-order chi connectivity index (χ0) is 9.14. The molecule has 1 aromatic carbocycles. The van der Waals surface area contributed by atoms with E-state index in [1.54, 1.807) is 19.1 Å². The summed E-state index contributed by atoms with van der Waals surface area (Å²) in [4.78, 5) is 9.90. The van der Waals surface area contributed by atoms with E-state index in [2.05, 4.69) is 0 Å². The van der Waals surface area contributed by atoms with Gasteiger partial charge in [-0.3, -0.25) is 20.8 Å². The van der Waals surface area contributed by atoms with E-state index < -0.39 is 4.92 Å². The van der Waals surface area contributed by atoms with Gasteiger partial charge in [-0.05, 0) is 13.0 Å². The molecule has 0 bridgehead atoms. The Hall–Kier alpha value is -1.62. The third-order valence-electron chi connectivity index (χ3n) is 1.53. The lowest BCUT2D eigenvalue weighted by molar-refractivity contribution is -0.385. The van der Waals surface area contributed by atoms with E-state index >= 15 is 0 Å². The molecule has 0 saturated carbocycles. The molecule has 1 aromatic rings. The van der Waals surface area contributed by atoms with Crippen LogP contribution in [-0.4, -0.2) is 10.1 Å². The molecule has 0 aromatic heterocycles. The van der Waals surface area contributed by atoms with Crippen LogP contribution in [0.2, 0.25) is 0 Å². The lowest BCUT2D eigenvalue weighted by atomic mass is 10.2. The van der Waals surface area contributed by atoms with E-state index in [-0.39, 0.29) is 5.69 Å². The fraction of sp³-hybridized carbons (Fsp3) is 0.143. The van der Waals surface area contributed by atoms with Crippen LogP contribution in [0, 0.1) is 17.0 Å². The van der Waals surface area contributed by atoms with E-state index in [0.29, 0.717) is 11.3 Å². The van der Waals surface area contributed by atoms with Gasteiger partial charge in [0.2, 0.25) is 0 Å². The van der Waals surface area contributed by atoms with Gasteiger partial charge >= 0.3 is 0 Å². The van der Waals surface area contributed by atoms with Crippen LogP contribution in [-0.2, 0) is 0 Å². The average molecular weight is 168 g/mol.